The topological polar surface area (TPSA) is 48.1 Å². The van der Waals surface area contributed by atoms with Gasteiger partial charge >= 0.3 is 0 Å². The van der Waals surface area contributed by atoms with Crippen molar-refractivity contribution in [3.63, 3.8) is 0 Å². The van der Waals surface area contributed by atoms with Crippen LogP contribution in [0.3, 0.4) is 0 Å². The minimum atomic E-state index is -0.151. The summed E-state index contributed by atoms with van der Waals surface area (Å²) >= 11 is 6.17. The van der Waals surface area contributed by atoms with Gasteiger partial charge in [-0.2, -0.15) is 0 Å². The first-order valence-corrected chi connectivity index (χ1v) is 7.14. The van der Waals surface area contributed by atoms with Crippen LogP contribution in [-0.2, 0) is 12.8 Å². The molecule has 0 saturated heterocycles. The molecule has 1 unspecified atom stereocenters. The second kappa shape index (κ2) is 5.43. The molecule has 0 aliphatic carbocycles. The molecule has 0 bridgehead atoms. The van der Waals surface area contributed by atoms with Gasteiger partial charge in [0, 0.05) is 17.1 Å². The summed E-state index contributed by atoms with van der Waals surface area (Å²) in [5.74, 6) is 0.956. The van der Waals surface area contributed by atoms with Crippen LogP contribution < -0.4 is 10.5 Å². The third-order valence-corrected chi connectivity index (χ3v) is 3.77. The number of rotatable bonds is 3. The van der Waals surface area contributed by atoms with Crippen LogP contribution in [-0.4, -0.2) is 11.6 Å². The molecule has 1 aromatic carbocycles. The van der Waals surface area contributed by atoms with Crippen molar-refractivity contribution in [1.29, 1.82) is 0 Å². The van der Waals surface area contributed by atoms with Gasteiger partial charge in [0.1, 0.15) is 5.75 Å². The lowest BCUT2D eigenvalue weighted by Gasteiger charge is -2.14. The maximum Gasteiger partial charge on any atom is 0.125 e. The van der Waals surface area contributed by atoms with Gasteiger partial charge in [-0.15, -0.1) is 0 Å². The molecule has 2 heterocycles. The van der Waals surface area contributed by atoms with Crippen LogP contribution in [0.2, 0.25) is 5.02 Å². The number of benzene rings is 1. The summed E-state index contributed by atoms with van der Waals surface area (Å²) in [6, 6.07) is 9.68. The molecule has 3 nitrogen and oxygen atoms in total. The van der Waals surface area contributed by atoms with E-state index in [1.807, 2.05) is 37.3 Å². The van der Waals surface area contributed by atoms with E-state index in [0.29, 0.717) is 6.42 Å². The molecule has 104 valence electrons. The standard InChI is InChI=1S/C16H17ClN2O/c1-10-3-2-4-15(19-10)14(18)9-12-8-13(17)7-11-5-6-20-16(11)12/h2-4,7-8,14H,5-6,9,18H2,1H3. The first kappa shape index (κ1) is 13.4. The zero-order chi connectivity index (χ0) is 14.1. The summed E-state index contributed by atoms with van der Waals surface area (Å²) in [5, 5.41) is 0.744. The van der Waals surface area contributed by atoms with Gasteiger partial charge in [-0.1, -0.05) is 17.7 Å². The molecule has 20 heavy (non-hydrogen) atoms. The van der Waals surface area contributed by atoms with E-state index >= 15 is 0 Å². The van der Waals surface area contributed by atoms with E-state index < -0.39 is 0 Å². The molecular formula is C16H17ClN2O. The monoisotopic (exact) mass is 288 g/mol. The molecule has 2 aromatic rings. The zero-order valence-corrected chi connectivity index (χ0v) is 12.2. The third-order valence-electron chi connectivity index (χ3n) is 3.55. The maximum absolute atomic E-state index is 6.28. The molecule has 3 rings (SSSR count). The van der Waals surface area contributed by atoms with Gasteiger partial charge in [0.25, 0.3) is 0 Å². The molecule has 4 heteroatoms. The van der Waals surface area contributed by atoms with Crippen molar-refractivity contribution in [2.24, 2.45) is 5.73 Å². The van der Waals surface area contributed by atoms with E-state index in [1.54, 1.807) is 0 Å². The van der Waals surface area contributed by atoms with Gasteiger partial charge in [0.2, 0.25) is 0 Å². The highest BCUT2D eigenvalue weighted by atomic mass is 35.5. The van der Waals surface area contributed by atoms with Crippen LogP contribution >= 0.6 is 11.6 Å². The molecule has 1 aliphatic rings. The minimum Gasteiger partial charge on any atom is -0.493 e. The highest BCUT2D eigenvalue weighted by Crippen LogP contribution is 2.34. The van der Waals surface area contributed by atoms with Crippen LogP contribution in [0.1, 0.15) is 28.6 Å². The van der Waals surface area contributed by atoms with Crippen LogP contribution in [0.5, 0.6) is 5.75 Å². The minimum absolute atomic E-state index is 0.151. The van der Waals surface area contributed by atoms with Crippen LogP contribution in [0, 0.1) is 6.92 Å². The van der Waals surface area contributed by atoms with Crippen molar-refractivity contribution >= 4 is 11.6 Å². The fourth-order valence-corrected chi connectivity index (χ4v) is 2.87. The summed E-state index contributed by atoms with van der Waals surface area (Å²) < 4.78 is 5.71. The number of ether oxygens (including phenoxy) is 1. The van der Waals surface area contributed by atoms with E-state index in [0.717, 1.165) is 40.8 Å². The number of hydrogen-bond acceptors (Lipinski definition) is 3. The molecule has 0 spiro atoms. The van der Waals surface area contributed by atoms with Crippen LogP contribution in [0.25, 0.3) is 0 Å². The highest BCUT2D eigenvalue weighted by molar-refractivity contribution is 6.30. The van der Waals surface area contributed by atoms with Crippen molar-refractivity contribution in [3.8, 4) is 5.75 Å². The Bertz CT molecular complexity index is 642. The average Bonchev–Trinajstić information content (AvgIpc) is 2.86. The largest absolute Gasteiger partial charge is 0.493 e. The number of aryl methyl sites for hydroxylation is 1. The summed E-state index contributed by atoms with van der Waals surface area (Å²) in [6.45, 7) is 2.69. The van der Waals surface area contributed by atoms with Gasteiger partial charge in [-0.05, 0) is 48.7 Å². The van der Waals surface area contributed by atoms with Crippen molar-refractivity contribution in [2.45, 2.75) is 25.8 Å². The zero-order valence-electron chi connectivity index (χ0n) is 11.4. The van der Waals surface area contributed by atoms with E-state index in [2.05, 4.69) is 4.98 Å². The second-order valence-electron chi connectivity index (χ2n) is 5.17. The van der Waals surface area contributed by atoms with E-state index in [1.165, 1.54) is 5.56 Å². The Balaban J connectivity index is 1.88. The Labute approximate surface area is 123 Å². The Morgan fingerprint density at radius 2 is 2.25 bits per heavy atom. The molecule has 2 N–H and O–H groups in total. The summed E-state index contributed by atoms with van der Waals surface area (Å²) in [7, 11) is 0. The van der Waals surface area contributed by atoms with Crippen molar-refractivity contribution < 1.29 is 4.74 Å². The van der Waals surface area contributed by atoms with Crippen molar-refractivity contribution in [2.75, 3.05) is 6.61 Å². The van der Waals surface area contributed by atoms with E-state index in [9.17, 15) is 0 Å². The smallest absolute Gasteiger partial charge is 0.125 e. The van der Waals surface area contributed by atoms with Crippen molar-refractivity contribution in [3.05, 3.63) is 57.9 Å². The van der Waals surface area contributed by atoms with Gasteiger partial charge in [-0.3, -0.25) is 4.98 Å². The predicted octanol–water partition coefficient (Wildman–Crippen LogP) is 3.22. The molecule has 0 amide bonds. The molecule has 0 fully saturated rings. The van der Waals surface area contributed by atoms with Crippen LogP contribution in [0.15, 0.2) is 30.3 Å². The Hall–Kier alpha value is -1.58. The number of nitrogens with zero attached hydrogens (tertiary/aromatic N) is 1. The molecular weight excluding hydrogens is 272 g/mol. The quantitative estimate of drug-likeness (QED) is 0.943. The lowest BCUT2D eigenvalue weighted by Crippen LogP contribution is -2.15. The number of fused-ring (bicyclic) bond motifs is 1. The number of pyridine rings is 1. The fraction of sp³-hybridized carbons (Fsp3) is 0.312. The second-order valence-corrected chi connectivity index (χ2v) is 5.60. The van der Waals surface area contributed by atoms with E-state index in [-0.39, 0.29) is 6.04 Å². The maximum atomic E-state index is 6.28. The highest BCUT2D eigenvalue weighted by Gasteiger charge is 2.20. The third kappa shape index (κ3) is 2.65. The number of hydrogen-bond donors (Lipinski definition) is 1. The predicted molar refractivity (Wildman–Crippen MR) is 80.3 cm³/mol. The average molecular weight is 289 g/mol. The summed E-state index contributed by atoms with van der Waals surface area (Å²) in [6.07, 6.45) is 1.60. The Kier molecular flexibility index (Phi) is 3.64. The summed E-state index contributed by atoms with van der Waals surface area (Å²) in [4.78, 5) is 4.49. The fourth-order valence-electron chi connectivity index (χ4n) is 2.61. The van der Waals surface area contributed by atoms with Gasteiger partial charge in [0.15, 0.2) is 0 Å². The van der Waals surface area contributed by atoms with Gasteiger partial charge < -0.3 is 10.5 Å². The Morgan fingerprint density at radius 3 is 3.05 bits per heavy atom. The summed E-state index contributed by atoms with van der Waals surface area (Å²) in [5.41, 5.74) is 10.4. The van der Waals surface area contributed by atoms with Gasteiger partial charge in [0.05, 0.1) is 18.3 Å². The number of nitrogens with two attached hydrogens (primary N) is 1. The van der Waals surface area contributed by atoms with Gasteiger partial charge in [-0.25, -0.2) is 0 Å². The SMILES string of the molecule is Cc1cccc(C(N)Cc2cc(Cl)cc3c2OCC3)n1. The molecule has 0 radical (unpaired) electrons. The molecule has 1 atom stereocenters. The van der Waals surface area contributed by atoms with Crippen LogP contribution in [0.4, 0.5) is 0 Å². The normalized spacial score (nSPS) is 14.8. The number of aromatic nitrogens is 1. The first-order valence-electron chi connectivity index (χ1n) is 6.77. The lowest BCUT2D eigenvalue weighted by atomic mass is 10.00. The Morgan fingerprint density at radius 1 is 1.40 bits per heavy atom. The molecule has 0 saturated carbocycles. The van der Waals surface area contributed by atoms with Crippen molar-refractivity contribution in [1.82, 2.24) is 4.98 Å². The lowest BCUT2D eigenvalue weighted by molar-refractivity contribution is 0.352. The van der Waals surface area contributed by atoms with E-state index in [4.69, 9.17) is 22.1 Å². The first-order chi connectivity index (χ1) is 9.63. The molecule has 1 aromatic heterocycles. The molecule has 1 aliphatic heterocycles. The number of halogens is 1.